The van der Waals surface area contributed by atoms with Crippen LogP contribution in [0.4, 0.5) is 11.4 Å². The summed E-state index contributed by atoms with van der Waals surface area (Å²) in [5.74, 6) is 0.592. The molecule has 0 aromatic heterocycles. The Hall–Kier alpha value is -4.52. The van der Waals surface area contributed by atoms with Gasteiger partial charge in [0.1, 0.15) is 23.1 Å². The lowest BCUT2D eigenvalue weighted by Gasteiger charge is -2.45. The number of hydrogen-bond acceptors (Lipinski definition) is 6. The van der Waals surface area contributed by atoms with E-state index in [2.05, 4.69) is 44.7 Å². The molecule has 0 saturated heterocycles. The van der Waals surface area contributed by atoms with Crippen LogP contribution in [0.25, 0.3) is 5.76 Å². The highest BCUT2D eigenvalue weighted by Crippen LogP contribution is 2.52. The van der Waals surface area contributed by atoms with E-state index in [0.29, 0.717) is 46.7 Å². The highest BCUT2D eigenvalue weighted by molar-refractivity contribution is 6.20. The van der Waals surface area contributed by atoms with E-state index in [1.54, 1.807) is 31.3 Å². The molecule has 0 spiro atoms. The van der Waals surface area contributed by atoms with Gasteiger partial charge in [0, 0.05) is 59.6 Å². The Morgan fingerprint density at radius 2 is 1.65 bits per heavy atom. The smallest absolute Gasteiger partial charge is 0.162 e. The Bertz CT molecular complexity index is 1580. The van der Waals surface area contributed by atoms with Crippen LogP contribution < -0.4 is 19.3 Å². The lowest BCUT2D eigenvalue weighted by Crippen LogP contribution is -2.45. The van der Waals surface area contributed by atoms with Gasteiger partial charge in [0.2, 0.25) is 0 Å². The number of hydrogen-bond donors (Lipinski definition) is 2. The van der Waals surface area contributed by atoms with E-state index in [-0.39, 0.29) is 22.8 Å². The van der Waals surface area contributed by atoms with E-state index in [9.17, 15) is 15.3 Å². The molecule has 1 unspecified atom stereocenters. The van der Waals surface area contributed by atoms with Crippen molar-refractivity contribution < 1.29 is 19.4 Å². The average molecular weight is 580 g/mol. The highest BCUT2D eigenvalue weighted by Gasteiger charge is 2.47. The summed E-state index contributed by atoms with van der Waals surface area (Å²) >= 11 is 0. The molecule has 224 valence electrons. The Morgan fingerprint density at radius 1 is 0.977 bits per heavy atom. The number of carbonyl (C=O) groups excluding carboxylic acids is 1. The van der Waals surface area contributed by atoms with Crippen LogP contribution in [0.3, 0.4) is 0 Å². The van der Waals surface area contributed by atoms with Crippen molar-refractivity contribution in [1.29, 1.82) is 5.41 Å². The van der Waals surface area contributed by atoms with Gasteiger partial charge < -0.3 is 19.5 Å². The molecule has 0 amide bonds. The fourth-order valence-corrected chi connectivity index (χ4v) is 6.40. The van der Waals surface area contributed by atoms with Crippen molar-refractivity contribution in [2.24, 2.45) is 5.41 Å². The summed E-state index contributed by atoms with van der Waals surface area (Å²) in [6.07, 6.45) is 0.944. The minimum atomic E-state index is -0.620. The maximum atomic E-state index is 14.2. The SMILES string of the molecule is CCN(CC)c1ccc(C2C3=C(CC(C)(C)CC3=O)N(c3cc(OC)ccc3OC)C(=N)/C2=C(/O)c2ccccc2)cc1. The van der Waals surface area contributed by atoms with E-state index in [1.165, 1.54) is 0 Å². The molecule has 0 bridgehead atoms. The van der Waals surface area contributed by atoms with Crippen LogP contribution in [0.15, 0.2) is 89.6 Å². The molecule has 1 heterocycles. The van der Waals surface area contributed by atoms with Gasteiger partial charge in [-0.05, 0) is 55.5 Å². The predicted octanol–water partition coefficient (Wildman–Crippen LogP) is 7.74. The van der Waals surface area contributed by atoms with Crippen molar-refractivity contribution in [3.8, 4) is 11.5 Å². The second kappa shape index (κ2) is 12.0. The zero-order valence-electron chi connectivity index (χ0n) is 25.9. The van der Waals surface area contributed by atoms with Gasteiger partial charge in [-0.1, -0.05) is 56.3 Å². The third-order valence-electron chi connectivity index (χ3n) is 8.51. The Balaban J connectivity index is 1.84. The summed E-state index contributed by atoms with van der Waals surface area (Å²) in [6.45, 7) is 10.2. The normalized spacial score (nSPS) is 19.2. The second-order valence-electron chi connectivity index (χ2n) is 11.8. The second-order valence-corrected chi connectivity index (χ2v) is 11.8. The van der Waals surface area contributed by atoms with E-state index in [4.69, 9.17) is 9.47 Å². The summed E-state index contributed by atoms with van der Waals surface area (Å²) < 4.78 is 11.3. The number of benzene rings is 3. The fraction of sp³-hybridized carbons (Fsp3) is 0.333. The van der Waals surface area contributed by atoms with E-state index >= 15 is 0 Å². The molecule has 0 radical (unpaired) electrons. The van der Waals surface area contributed by atoms with Crippen molar-refractivity contribution >= 4 is 28.8 Å². The molecule has 0 fully saturated rings. The number of rotatable bonds is 8. The van der Waals surface area contributed by atoms with Crippen molar-refractivity contribution in [1.82, 2.24) is 0 Å². The molecule has 3 aromatic rings. The number of nitrogens with zero attached hydrogens (tertiary/aromatic N) is 2. The Labute approximate surface area is 254 Å². The number of ketones is 1. The third kappa shape index (κ3) is 5.52. The molecular weight excluding hydrogens is 538 g/mol. The first-order valence-corrected chi connectivity index (χ1v) is 14.8. The molecule has 5 rings (SSSR count). The summed E-state index contributed by atoms with van der Waals surface area (Å²) in [4.78, 5) is 18.3. The molecular formula is C36H41N3O4. The quantitative estimate of drug-likeness (QED) is 0.266. The van der Waals surface area contributed by atoms with E-state index < -0.39 is 5.92 Å². The number of Topliss-reactive ketones (excluding diaryl/α,β-unsaturated/α-hetero) is 1. The molecule has 1 aliphatic heterocycles. The molecule has 1 aliphatic carbocycles. The van der Waals surface area contributed by atoms with Crippen molar-refractivity contribution in [2.75, 3.05) is 37.1 Å². The summed E-state index contributed by atoms with van der Waals surface area (Å²) in [7, 11) is 3.18. The van der Waals surface area contributed by atoms with Crippen LogP contribution in [0, 0.1) is 10.8 Å². The predicted molar refractivity (Wildman–Crippen MR) is 174 cm³/mol. The van der Waals surface area contributed by atoms with Gasteiger partial charge in [-0.25, -0.2) is 0 Å². The van der Waals surface area contributed by atoms with Gasteiger partial charge in [-0.2, -0.15) is 0 Å². The number of amidine groups is 1. The monoisotopic (exact) mass is 579 g/mol. The first-order valence-electron chi connectivity index (χ1n) is 14.8. The van der Waals surface area contributed by atoms with Crippen LogP contribution in [0.2, 0.25) is 0 Å². The van der Waals surface area contributed by atoms with E-state index in [0.717, 1.165) is 30.0 Å². The number of nitrogens with one attached hydrogen (secondary N) is 1. The van der Waals surface area contributed by atoms with Gasteiger partial charge in [-0.15, -0.1) is 0 Å². The van der Waals surface area contributed by atoms with Gasteiger partial charge in [-0.3, -0.25) is 15.1 Å². The molecule has 3 aromatic carbocycles. The topological polar surface area (TPSA) is 86.1 Å². The van der Waals surface area contributed by atoms with Gasteiger partial charge in [0.15, 0.2) is 5.78 Å². The number of aliphatic hydroxyl groups is 1. The molecule has 1 atom stereocenters. The molecule has 7 nitrogen and oxygen atoms in total. The number of allylic oxidation sites excluding steroid dienone is 2. The molecule has 43 heavy (non-hydrogen) atoms. The first-order chi connectivity index (χ1) is 20.6. The number of methoxy groups -OCH3 is 2. The molecule has 2 aliphatic rings. The van der Waals surface area contributed by atoms with Crippen LogP contribution in [-0.2, 0) is 4.79 Å². The summed E-state index contributed by atoms with van der Waals surface area (Å²) in [5.41, 5.74) is 4.52. The van der Waals surface area contributed by atoms with Crippen molar-refractivity contribution in [3.63, 3.8) is 0 Å². The Morgan fingerprint density at radius 3 is 2.26 bits per heavy atom. The zero-order valence-corrected chi connectivity index (χ0v) is 25.9. The lowest BCUT2D eigenvalue weighted by atomic mass is 9.67. The van der Waals surface area contributed by atoms with Crippen LogP contribution in [0.5, 0.6) is 11.5 Å². The minimum Gasteiger partial charge on any atom is -0.507 e. The van der Waals surface area contributed by atoms with Crippen molar-refractivity contribution in [3.05, 3.63) is 101 Å². The first kappa shape index (κ1) is 30.0. The number of anilines is 2. The largest absolute Gasteiger partial charge is 0.507 e. The zero-order chi connectivity index (χ0) is 30.9. The van der Waals surface area contributed by atoms with Gasteiger partial charge in [0.25, 0.3) is 0 Å². The van der Waals surface area contributed by atoms with Crippen LogP contribution in [-0.4, -0.2) is 44.0 Å². The molecule has 0 saturated carbocycles. The van der Waals surface area contributed by atoms with Crippen molar-refractivity contribution in [2.45, 2.75) is 46.5 Å². The van der Waals surface area contributed by atoms with Crippen LogP contribution >= 0.6 is 0 Å². The third-order valence-corrected chi connectivity index (χ3v) is 8.51. The van der Waals surface area contributed by atoms with E-state index in [1.807, 2.05) is 48.5 Å². The standard InChI is InChI=1S/C36H41N3O4/c1-7-38(8-2)25-16-14-23(15-17-25)31-32-28(21-36(3,4)22-29(32)40)39(27-20-26(42-5)18-19-30(27)43-6)35(37)33(31)34(41)24-12-10-9-11-13-24/h9-20,31,37,41H,7-8,21-22H2,1-6H3/b34-33+,37-35?. The summed E-state index contributed by atoms with van der Waals surface area (Å²) in [5, 5.41) is 21.7. The average Bonchev–Trinajstić information content (AvgIpc) is 3.01. The highest BCUT2D eigenvalue weighted by atomic mass is 16.5. The van der Waals surface area contributed by atoms with Gasteiger partial charge >= 0.3 is 0 Å². The lowest BCUT2D eigenvalue weighted by molar-refractivity contribution is -0.118. The van der Waals surface area contributed by atoms with Gasteiger partial charge in [0.05, 0.1) is 19.9 Å². The van der Waals surface area contributed by atoms with Crippen LogP contribution in [0.1, 0.15) is 57.6 Å². The minimum absolute atomic E-state index is 0.0156. The Kier molecular flexibility index (Phi) is 8.36. The maximum absolute atomic E-state index is 14.2. The number of aliphatic hydroxyl groups excluding tert-OH is 1. The summed E-state index contributed by atoms with van der Waals surface area (Å²) in [6, 6.07) is 22.9. The molecule has 7 heteroatoms. The number of carbonyl (C=O) groups is 1. The fourth-order valence-electron chi connectivity index (χ4n) is 6.40. The number of ether oxygens (including phenoxy) is 2. The maximum Gasteiger partial charge on any atom is 0.162 e. The molecule has 2 N–H and O–H groups in total.